The summed E-state index contributed by atoms with van der Waals surface area (Å²) >= 11 is 5.80. The van der Waals surface area contributed by atoms with Gasteiger partial charge in [-0.05, 0) is 55.7 Å². The number of amides is 3. The molecular weight excluding hydrogens is 378 g/mol. The second-order valence-electron chi connectivity index (χ2n) is 6.71. The predicted octanol–water partition coefficient (Wildman–Crippen LogP) is 3.38. The van der Waals surface area contributed by atoms with E-state index in [-0.39, 0.29) is 30.2 Å². The fourth-order valence-corrected chi connectivity index (χ4v) is 2.77. The van der Waals surface area contributed by atoms with Crippen LogP contribution in [0.3, 0.4) is 0 Å². The smallest absolute Gasteiger partial charge is 0.253 e. The highest BCUT2D eigenvalue weighted by molar-refractivity contribution is 6.30. The van der Waals surface area contributed by atoms with E-state index in [2.05, 4.69) is 16.0 Å². The summed E-state index contributed by atoms with van der Waals surface area (Å²) in [5.74, 6) is -0.583. The van der Waals surface area contributed by atoms with Crippen LogP contribution in [0.1, 0.15) is 46.4 Å². The summed E-state index contributed by atoms with van der Waals surface area (Å²) in [6.45, 7) is 0.374. The highest BCUT2D eigenvalue weighted by Crippen LogP contribution is 2.21. The Bertz CT molecular complexity index is 863. The number of hydrogen-bond donors (Lipinski definition) is 3. The van der Waals surface area contributed by atoms with Gasteiger partial charge < -0.3 is 16.0 Å². The number of carbonyl (C=O) groups excluding carboxylic acids is 3. The standard InChI is InChI=1S/C21H22ClN3O3/c22-15-9-7-14(8-10-15)20(27)23-13-3-6-19(26)25-18-5-2-1-4-17(18)21(28)24-16-11-12-16/h1-2,4-5,7-10,16H,3,6,11-13H2,(H,23,27)(H,24,28)(H,25,26). The normalized spacial score (nSPS) is 12.9. The van der Waals surface area contributed by atoms with Crippen LogP contribution in [0.2, 0.25) is 5.02 Å². The van der Waals surface area contributed by atoms with Crippen LogP contribution in [0, 0.1) is 0 Å². The Labute approximate surface area is 168 Å². The Hall–Kier alpha value is -2.86. The molecule has 0 aromatic heterocycles. The summed E-state index contributed by atoms with van der Waals surface area (Å²) in [5, 5.41) is 9.04. The monoisotopic (exact) mass is 399 g/mol. The maximum Gasteiger partial charge on any atom is 0.253 e. The lowest BCUT2D eigenvalue weighted by molar-refractivity contribution is -0.116. The van der Waals surface area contributed by atoms with Crippen molar-refractivity contribution < 1.29 is 14.4 Å². The van der Waals surface area contributed by atoms with Gasteiger partial charge in [0.2, 0.25) is 5.91 Å². The third-order valence-electron chi connectivity index (χ3n) is 4.33. The van der Waals surface area contributed by atoms with Gasteiger partial charge in [-0.3, -0.25) is 14.4 Å². The van der Waals surface area contributed by atoms with Gasteiger partial charge in [0.25, 0.3) is 11.8 Å². The lowest BCUT2D eigenvalue weighted by Gasteiger charge is -2.11. The molecule has 7 heteroatoms. The van der Waals surface area contributed by atoms with Crippen LogP contribution < -0.4 is 16.0 Å². The molecule has 0 aliphatic heterocycles. The lowest BCUT2D eigenvalue weighted by atomic mass is 10.1. The lowest BCUT2D eigenvalue weighted by Crippen LogP contribution is -2.27. The molecule has 1 saturated carbocycles. The fourth-order valence-electron chi connectivity index (χ4n) is 2.65. The molecule has 0 saturated heterocycles. The molecule has 6 nitrogen and oxygen atoms in total. The Balaban J connectivity index is 1.44. The van der Waals surface area contributed by atoms with Crippen LogP contribution in [0.4, 0.5) is 5.69 Å². The Morgan fingerprint density at radius 2 is 1.68 bits per heavy atom. The molecule has 0 spiro atoms. The van der Waals surface area contributed by atoms with E-state index < -0.39 is 0 Å². The van der Waals surface area contributed by atoms with E-state index in [0.717, 1.165) is 12.8 Å². The molecule has 28 heavy (non-hydrogen) atoms. The maximum absolute atomic E-state index is 12.3. The van der Waals surface area contributed by atoms with Crippen LogP contribution >= 0.6 is 11.6 Å². The SMILES string of the molecule is O=C(CCCNC(=O)c1ccc(Cl)cc1)Nc1ccccc1C(=O)NC1CC1. The van der Waals surface area contributed by atoms with Crippen molar-refractivity contribution in [3.8, 4) is 0 Å². The average Bonchev–Trinajstić information content (AvgIpc) is 3.50. The zero-order valence-electron chi connectivity index (χ0n) is 15.3. The van der Waals surface area contributed by atoms with Crippen LogP contribution in [-0.4, -0.2) is 30.3 Å². The second kappa shape index (κ2) is 9.37. The summed E-state index contributed by atoms with van der Waals surface area (Å²) < 4.78 is 0. The number of anilines is 1. The molecule has 2 aromatic rings. The third kappa shape index (κ3) is 5.82. The molecule has 3 rings (SSSR count). The first-order valence-corrected chi connectivity index (χ1v) is 9.64. The highest BCUT2D eigenvalue weighted by Gasteiger charge is 2.24. The Morgan fingerprint density at radius 1 is 0.964 bits per heavy atom. The fraction of sp³-hybridized carbons (Fsp3) is 0.286. The summed E-state index contributed by atoms with van der Waals surface area (Å²) in [7, 11) is 0. The van der Waals surface area contributed by atoms with Crippen molar-refractivity contribution in [2.45, 2.75) is 31.7 Å². The van der Waals surface area contributed by atoms with Crippen molar-refractivity contribution in [3.63, 3.8) is 0 Å². The van der Waals surface area contributed by atoms with Crippen molar-refractivity contribution in [3.05, 3.63) is 64.7 Å². The molecule has 3 N–H and O–H groups in total. The molecule has 0 unspecified atom stereocenters. The minimum Gasteiger partial charge on any atom is -0.352 e. The van der Waals surface area contributed by atoms with E-state index in [1.807, 2.05) is 0 Å². The minimum atomic E-state index is -0.209. The third-order valence-corrected chi connectivity index (χ3v) is 4.58. The first kappa shape index (κ1) is 19.9. The van der Waals surface area contributed by atoms with Crippen molar-refractivity contribution >= 4 is 35.0 Å². The molecule has 0 radical (unpaired) electrons. The maximum atomic E-state index is 12.3. The van der Waals surface area contributed by atoms with E-state index >= 15 is 0 Å². The number of benzene rings is 2. The van der Waals surface area contributed by atoms with Crippen LogP contribution in [0.25, 0.3) is 0 Å². The van der Waals surface area contributed by atoms with Gasteiger partial charge in [0.1, 0.15) is 0 Å². The number of rotatable bonds is 8. The first-order chi connectivity index (χ1) is 13.5. The van der Waals surface area contributed by atoms with Gasteiger partial charge in [-0.2, -0.15) is 0 Å². The van der Waals surface area contributed by atoms with E-state index in [0.29, 0.717) is 34.8 Å². The van der Waals surface area contributed by atoms with E-state index in [1.165, 1.54) is 0 Å². The van der Waals surface area contributed by atoms with Crippen LogP contribution in [-0.2, 0) is 4.79 Å². The molecule has 146 valence electrons. The molecule has 2 aromatic carbocycles. The zero-order chi connectivity index (χ0) is 19.9. The summed E-state index contributed by atoms with van der Waals surface area (Å²) in [4.78, 5) is 36.5. The van der Waals surface area contributed by atoms with Gasteiger partial charge in [-0.25, -0.2) is 0 Å². The number of halogens is 1. The van der Waals surface area contributed by atoms with Gasteiger partial charge in [0.05, 0.1) is 11.3 Å². The van der Waals surface area contributed by atoms with Gasteiger partial charge in [-0.15, -0.1) is 0 Å². The van der Waals surface area contributed by atoms with Crippen LogP contribution in [0.5, 0.6) is 0 Å². The van der Waals surface area contributed by atoms with Gasteiger partial charge in [0, 0.05) is 29.6 Å². The number of carbonyl (C=O) groups is 3. The number of nitrogens with one attached hydrogen (secondary N) is 3. The van der Waals surface area contributed by atoms with Crippen molar-refractivity contribution in [2.24, 2.45) is 0 Å². The number of hydrogen-bond acceptors (Lipinski definition) is 3. The Morgan fingerprint density at radius 3 is 2.39 bits per heavy atom. The number of para-hydroxylation sites is 1. The van der Waals surface area contributed by atoms with E-state index in [9.17, 15) is 14.4 Å². The molecule has 0 heterocycles. The van der Waals surface area contributed by atoms with Gasteiger partial charge in [-0.1, -0.05) is 23.7 Å². The highest BCUT2D eigenvalue weighted by atomic mass is 35.5. The molecular formula is C21H22ClN3O3. The molecule has 3 amide bonds. The predicted molar refractivity (Wildman–Crippen MR) is 109 cm³/mol. The summed E-state index contributed by atoms with van der Waals surface area (Å²) in [6.07, 6.45) is 2.73. The zero-order valence-corrected chi connectivity index (χ0v) is 16.1. The Kier molecular flexibility index (Phi) is 6.66. The quantitative estimate of drug-likeness (QED) is 0.594. The molecule has 1 aliphatic rings. The largest absolute Gasteiger partial charge is 0.352 e. The van der Waals surface area contributed by atoms with Gasteiger partial charge in [0.15, 0.2) is 0 Å². The minimum absolute atomic E-state index is 0.173. The van der Waals surface area contributed by atoms with Crippen molar-refractivity contribution in [2.75, 3.05) is 11.9 Å². The van der Waals surface area contributed by atoms with Crippen LogP contribution in [0.15, 0.2) is 48.5 Å². The van der Waals surface area contributed by atoms with E-state index in [4.69, 9.17) is 11.6 Å². The van der Waals surface area contributed by atoms with Gasteiger partial charge >= 0.3 is 0 Å². The average molecular weight is 400 g/mol. The molecule has 1 aliphatic carbocycles. The molecule has 0 atom stereocenters. The van der Waals surface area contributed by atoms with E-state index in [1.54, 1.807) is 48.5 Å². The summed E-state index contributed by atoms with van der Waals surface area (Å²) in [5.41, 5.74) is 1.47. The second-order valence-corrected chi connectivity index (χ2v) is 7.14. The molecule has 0 bridgehead atoms. The first-order valence-electron chi connectivity index (χ1n) is 9.26. The molecule has 1 fully saturated rings. The van der Waals surface area contributed by atoms with Crippen molar-refractivity contribution in [1.82, 2.24) is 10.6 Å². The summed E-state index contributed by atoms with van der Waals surface area (Å²) in [6, 6.07) is 13.8. The van der Waals surface area contributed by atoms with Crippen molar-refractivity contribution in [1.29, 1.82) is 0 Å². The topological polar surface area (TPSA) is 87.3 Å².